The van der Waals surface area contributed by atoms with Crippen LogP contribution in [0.4, 0.5) is 0 Å². The Bertz CT molecular complexity index is 598. The molecule has 5 nitrogen and oxygen atoms in total. The third kappa shape index (κ3) is 5.51. The Morgan fingerprint density at radius 3 is 1.06 bits per heavy atom. The number of nitrogens with one attached hydrogen (secondary N) is 1. The van der Waals surface area contributed by atoms with Gasteiger partial charge in [0.15, 0.2) is 11.6 Å². The maximum atomic E-state index is 6.14. The van der Waals surface area contributed by atoms with Gasteiger partial charge in [0, 0.05) is 25.7 Å². The van der Waals surface area contributed by atoms with Crippen molar-refractivity contribution >= 4 is 15.8 Å². The topological polar surface area (TPSA) is 49.0 Å². The molecule has 4 heterocycles. The second-order valence-electron chi connectivity index (χ2n) is 13.2. The van der Waals surface area contributed by atoms with E-state index in [2.05, 4.69) is 60.7 Å². The van der Waals surface area contributed by atoms with Crippen LogP contribution in [-0.4, -0.2) is 84.0 Å². The lowest BCUT2D eigenvalue weighted by Gasteiger charge is -2.55. The number of rotatable bonds is 6. The van der Waals surface area contributed by atoms with Gasteiger partial charge >= 0.3 is 0 Å². The van der Waals surface area contributed by atoms with Gasteiger partial charge in [0.2, 0.25) is 0 Å². The zero-order valence-corrected chi connectivity index (χ0v) is 24.3. The summed E-state index contributed by atoms with van der Waals surface area (Å²) in [5.74, 6) is -0.658. The van der Waals surface area contributed by atoms with Gasteiger partial charge in [-0.25, -0.2) is 0 Å². The Hall–Kier alpha value is 0.660. The Kier molecular flexibility index (Phi) is 7.45. The van der Waals surface area contributed by atoms with Gasteiger partial charge in [0.05, 0.1) is 26.4 Å². The van der Waals surface area contributed by atoms with E-state index in [1.54, 1.807) is 0 Å². The number of ether oxygens (including phenoxy) is 4. The summed E-state index contributed by atoms with van der Waals surface area (Å²) in [7, 11) is -0.260. The second-order valence-corrected chi connectivity index (χ2v) is 20.7. The van der Waals surface area contributed by atoms with Crippen molar-refractivity contribution in [2.45, 2.75) is 113 Å². The summed E-state index contributed by atoms with van der Waals surface area (Å²) in [6, 6.07) is 0. The molecule has 4 rings (SSSR count). The molecule has 0 unspecified atom stereocenters. The van der Waals surface area contributed by atoms with Crippen molar-refractivity contribution < 1.29 is 18.9 Å². The lowest BCUT2D eigenvalue weighted by molar-refractivity contribution is -0.179. The van der Waals surface area contributed by atoms with Crippen LogP contribution in [0.1, 0.15) is 81.1 Å². The Morgan fingerprint density at radius 2 is 0.788 bits per heavy atom. The van der Waals surface area contributed by atoms with E-state index in [9.17, 15) is 0 Å². The molecule has 0 bridgehead atoms. The molecule has 192 valence electrons. The molecule has 1 N–H and O–H groups in total. The average molecular weight is 502 g/mol. The van der Waals surface area contributed by atoms with E-state index in [1.165, 1.54) is 12.3 Å². The minimum atomic E-state index is -0.329. The largest absolute Gasteiger partial charge is 0.347 e. The van der Waals surface area contributed by atoms with Crippen molar-refractivity contribution in [3.05, 3.63) is 0 Å². The van der Waals surface area contributed by atoms with Crippen molar-refractivity contribution in [3.63, 3.8) is 0 Å². The normalized spacial score (nSPS) is 32.0. The van der Waals surface area contributed by atoms with Crippen molar-refractivity contribution in [1.29, 1.82) is 0 Å². The Balaban J connectivity index is 1.29. The molecule has 33 heavy (non-hydrogen) atoms. The van der Waals surface area contributed by atoms with Crippen LogP contribution < -0.4 is 5.32 Å². The predicted molar refractivity (Wildman–Crippen MR) is 140 cm³/mol. The van der Waals surface area contributed by atoms with Gasteiger partial charge in [0.1, 0.15) is 0 Å². The van der Waals surface area contributed by atoms with E-state index in [-0.39, 0.29) is 48.0 Å². The van der Waals surface area contributed by atoms with Crippen LogP contribution in [-0.2, 0) is 18.9 Å². The van der Waals surface area contributed by atoms with Crippen LogP contribution in [0, 0.1) is 0 Å². The number of hydrogen-bond acceptors (Lipinski definition) is 5. The average Bonchev–Trinajstić information content (AvgIpc) is 3.26. The molecule has 0 aromatic heterocycles. The first-order chi connectivity index (χ1) is 15.2. The van der Waals surface area contributed by atoms with Crippen LogP contribution in [0.3, 0.4) is 0 Å². The van der Waals surface area contributed by atoms with Crippen LogP contribution in [0.5, 0.6) is 0 Å². The van der Waals surface area contributed by atoms with E-state index in [0.717, 1.165) is 65.2 Å². The van der Waals surface area contributed by atoms with Crippen LogP contribution in [0.25, 0.3) is 0 Å². The van der Waals surface area contributed by atoms with Crippen LogP contribution in [0.15, 0.2) is 0 Å². The summed E-state index contributed by atoms with van der Waals surface area (Å²) in [5, 5.41) is 4.96. The van der Waals surface area contributed by atoms with Gasteiger partial charge in [-0.1, -0.05) is 71.2 Å². The molecular formula is C26H49NO4P2. The monoisotopic (exact) mass is 501 g/mol. The zero-order chi connectivity index (χ0) is 24.2. The molecule has 7 heteroatoms. The van der Waals surface area contributed by atoms with Gasteiger partial charge in [-0.3, -0.25) is 0 Å². The highest BCUT2D eigenvalue weighted by atomic mass is 31.1. The van der Waals surface area contributed by atoms with Gasteiger partial charge < -0.3 is 24.3 Å². The van der Waals surface area contributed by atoms with Gasteiger partial charge in [0.25, 0.3) is 0 Å². The second kappa shape index (κ2) is 9.20. The molecule has 0 atom stereocenters. The minimum Gasteiger partial charge on any atom is -0.347 e. The maximum absolute atomic E-state index is 6.14. The van der Waals surface area contributed by atoms with Gasteiger partial charge in [-0.05, 0) is 46.0 Å². The molecule has 4 saturated heterocycles. The van der Waals surface area contributed by atoms with Crippen molar-refractivity contribution in [3.8, 4) is 0 Å². The maximum Gasteiger partial charge on any atom is 0.170 e. The smallest absolute Gasteiger partial charge is 0.170 e. The molecule has 0 aromatic rings. The molecule has 0 radical (unpaired) electrons. The quantitative estimate of drug-likeness (QED) is 0.372. The standard InChI is InChI=1S/C26H49NO4P2/c1-21(2)17-25(28-11-12-29-25)18-22(3,4)32(21)15-9-27-10-16-33-23(5,6)19-26(20-24(33,7)8)30-13-14-31-26/h27H,9-20H2,1-8H3. The van der Waals surface area contributed by atoms with Gasteiger partial charge in [-0.2, -0.15) is 0 Å². The lowest BCUT2D eigenvalue weighted by Crippen LogP contribution is -2.52. The molecule has 0 aliphatic carbocycles. The molecule has 0 amide bonds. The summed E-state index contributed by atoms with van der Waals surface area (Å²) in [6.07, 6.45) is 6.70. The predicted octanol–water partition coefficient (Wildman–Crippen LogP) is 5.73. The highest BCUT2D eigenvalue weighted by Gasteiger charge is 2.57. The molecule has 4 aliphatic rings. The highest BCUT2D eigenvalue weighted by Crippen LogP contribution is 2.69. The SMILES string of the molecule is CC1(C)CC2(CC(C)(C)P1CCNCCP1C(C)(C)CC3(CC1(C)C)OCCO3)OCCO2. The fourth-order valence-corrected chi connectivity index (χ4v) is 16.1. The van der Waals surface area contributed by atoms with Gasteiger partial charge in [-0.15, -0.1) is 0 Å². The van der Waals surface area contributed by atoms with E-state index >= 15 is 0 Å². The molecule has 2 spiro atoms. The van der Waals surface area contributed by atoms with Crippen molar-refractivity contribution in [1.82, 2.24) is 5.32 Å². The molecule has 0 saturated carbocycles. The van der Waals surface area contributed by atoms with E-state index in [0.29, 0.717) is 0 Å². The van der Waals surface area contributed by atoms with Crippen LogP contribution in [0.2, 0.25) is 0 Å². The zero-order valence-electron chi connectivity index (χ0n) is 22.5. The number of hydrogen-bond donors (Lipinski definition) is 1. The Labute approximate surface area is 205 Å². The first-order valence-corrected chi connectivity index (χ1v) is 16.1. The fraction of sp³-hybridized carbons (Fsp3) is 1.00. The summed E-state index contributed by atoms with van der Waals surface area (Å²) >= 11 is 0. The fourth-order valence-electron chi connectivity index (χ4n) is 7.90. The highest BCUT2D eigenvalue weighted by molar-refractivity contribution is 7.61. The summed E-state index contributed by atoms with van der Waals surface area (Å²) in [5.41, 5.74) is 0. The first kappa shape index (κ1) is 26.7. The van der Waals surface area contributed by atoms with E-state index in [1.807, 2.05) is 0 Å². The summed E-state index contributed by atoms with van der Waals surface area (Å²) < 4.78 is 24.6. The minimum absolute atomic E-state index is 0.130. The van der Waals surface area contributed by atoms with E-state index in [4.69, 9.17) is 18.9 Å². The summed E-state index contributed by atoms with van der Waals surface area (Å²) in [4.78, 5) is 0. The Morgan fingerprint density at radius 1 is 0.515 bits per heavy atom. The van der Waals surface area contributed by atoms with Crippen molar-refractivity contribution in [2.24, 2.45) is 0 Å². The van der Waals surface area contributed by atoms with Crippen molar-refractivity contribution in [2.75, 3.05) is 51.8 Å². The third-order valence-corrected chi connectivity index (χ3v) is 16.2. The molecular weight excluding hydrogens is 452 g/mol. The van der Waals surface area contributed by atoms with Crippen LogP contribution >= 0.6 is 15.8 Å². The molecule has 4 aliphatic heterocycles. The lowest BCUT2D eigenvalue weighted by atomic mass is 9.91. The van der Waals surface area contributed by atoms with E-state index < -0.39 is 0 Å². The molecule has 4 fully saturated rings. The summed E-state index contributed by atoms with van der Waals surface area (Å²) in [6.45, 7) is 24.8. The molecule has 0 aromatic carbocycles. The first-order valence-electron chi connectivity index (χ1n) is 13.0. The third-order valence-electron chi connectivity index (χ3n) is 8.38.